The highest BCUT2D eigenvalue weighted by atomic mass is 35.5. The van der Waals surface area contributed by atoms with Gasteiger partial charge in [-0.2, -0.15) is 5.10 Å². The van der Waals surface area contributed by atoms with E-state index in [0.29, 0.717) is 28.1 Å². The molecule has 0 aliphatic rings. The molecule has 0 aliphatic heterocycles. The van der Waals surface area contributed by atoms with Gasteiger partial charge in [0.1, 0.15) is 0 Å². The lowest BCUT2D eigenvalue weighted by Gasteiger charge is -2.01. The maximum absolute atomic E-state index is 11.4. The van der Waals surface area contributed by atoms with Crippen LogP contribution in [0.3, 0.4) is 0 Å². The standard InChI is InChI=1S/C13H12Cl2N4O/c1-2-9-6-12(20)18-13(17-9)19-16-7-8-3-4-10(14)11(15)5-8/h3-7H,2H2,1H3,(H2,17,18,19,20)/b16-7-. The van der Waals surface area contributed by atoms with E-state index in [0.717, 1.165) is 5.56 Å². The molecule has 20 heavy (non-hydrogen) atoms. The van der Waals surface area contributed by atoms with Crippen molar-refractivity contribution < 1.29 is 0 Å². The van der Waals surface area contributed by atoms with Crippen LogP contribution in [0, 0.1) is 0 Å². The van der Waals surface area contributed by atoms with Crippen LogP contribution < -0.4 is 11.0 Å². The van der Waals surface area contributed by atoms with Gasteiger partial charge in [-0.05, 0) is 24.1 Å². The fourth-order valence-electron chi connectivity index (χ4n) is 1.50. The Morgan fingerprint density at radius 2 is 2.15 bits per heavy atom. The number of nitrogens with zero attached hydrogens (tertiary/aromatic N) is 2. The van der Waals surface area contributed by atoms with Crippen LogP contribution >= 0.6 is 23.2 Å². The van der Waals surface area contributed by atoms with Gasteiger partial charge in [0.05, 0.1) is 16.3 Å². The topological polar surface area (TPSA) is 70.1 Å². The van der Waals surface area contributed by atoms with Crippen molar-refractivity contribution in [1.82, 2.24) is 9.97 Å². The normalized spacial score (nSPS) is 10.9. The summed E-state index contributed by atoms with van der Waals surface area (Å²) in [6, 6.07) is 6.60. The fraction of sp³-hybridized carbons (Fsp3) is 0.154. The SMILES string of the molecule is CCc1cc(=O)[nH]c(N/N=C\c2ccc(Cl)c(Cl)c2)n1. The minimum atomic E-state index is -0.218. The molecule has 0 saturated heterocycles. The van der Waals surface area contributed by atoms with E-state index < -0.39 is 0 Å². The average Bonchev–Trinajstić information content (AvgIpc) is 2.42. The number of aromatic nitrogens is 2. The Bertz CT molecular complexity index is 697. The summed E-state index contributed by atoms with van der Waals surface area (Å²) in [5, 5.41) is 4.93. The lowest BCUT2D eigenvalue weighted by atomic mass is 10.2. The molecule has 2 rings (SSSR count). The summed E-state index contributed by atoms with van der Waals surface area (Å²) in [4.78, 5) is 18.1. The number of benzene rings is 1. The molecule has 1 aromatic carbocycles. The van der Waals surface area contributed by atoms with E-state index in [1.165, 1.54) is 6.07 Å². The molecule has 0 saturated carbocycles. The smallest absolute Gasteiger partial charge is 0.252 e. The first-order chi connectivity index (χ1) is 9.58. The van der Waals surface area contributed by atoms with Gasteiger partial charge in [0, 0.05) is 11.8 Å². The van der Waals surface area contributed by atoms with Crippen molar-refractivity contribution in [3.05, 3.63) is 55.9 Å². The average molecular weight is 311 g/mol. The Morgan fingerprint density at radius 1 is 1.35 bits per heavy atom. The predicted molar refractivity (Wildman–Crippen MR) is 81.9 cm³/mol. The minimum Gasteiger partial charge on any atom is -0.291 e. The number of aromatic amines is 1. The van der Waals surface area contributed by atoms with Gasteiger partial charge in [0.25, 0.3) is 5.56 Å². The van der Waals surface area contributed by atoms with Gasteiger partial charge >= 0.3 is 0 Å². The number of halogens is 2. The molecule has 0 spiro atoms. The molecule has 7 heteroatoms. The van der Waals surface area contributed by atoms with Crippen molar-refractivity contribution in [3.8, 4) is 0 Å². The van der Waals surface area contributed by atoms with Gasteiger partial charge in [0.15, 0.2) is 0 Å². The summed E-state index contributed by atoms with van der Waals surface area (Å²) < 4.78 is 0. The van der Waals surface area contributed by atoms with Crippen molar-refractivity contribution in [1.29, 1.82) is 0 Å². The van der Waals surface area contributed by atoms with Gasteiger partial charge in [-0.15, -0.1) is 0 Å². The molecule has 1 heterocycles. The number of hydrazone groups is 1. The zero-order valence-corrected chi connectivity index (χ0v) is 12.2. The highest BCUT2D eigenvalue weighted by Gasteiger charge is 1.99. The zero-order chi connectivity index (χ0) is 14.5. The highest BCUT2D eigenvalue weighted by molar-refractivity contribution is 6.42. The van der Waals surface area contributed by atoms with Crippen LogP contribution in [0.15, 0.2) is 34.2 Å². The van der Waals surface area contributed by atoms with E-state index >= 15 is 0 Å². The summed E-state index contributed by atoms with van der Waals surface area (Å²) in [7, 11) is 0. The zero-order valence-electron chi connectivity index (χ0n) is 10.7. The molecular weight excluding hydrogens is 299 g/mol. The van der Waals surface area contributed by atoms with Crippen LogP contribution in [0.1, 0.15) is 18.2 Å². The molecule has 0 unspecified atom stereocenters. The third kappa shape index (κ3) is 3.82. The molecule has 2 aromatic rings. The second kappa shape index (κ2) is 6.54. The van der Waals surface area contributed by atoms with Crippen molar-refractivity contribution in [2.75, 3.05) is 5.43 Å². The van der Waals surface area contributed by atoms with E-state index in [1.807, 2.05) is 6.92 Å². The molecule has 2 N–H and O–H groups in total. The van der Waals surface area contributed by atoms with E-state index in [-0.39, 0.29) is 5.56 Å². The molecule has 0 amide bonds. The number of aryl methyl sites for hydroxylation is 1. The third-order valence-corrected chi connectivity index (χ3v) is 3.22. The summed E-state index contributed by atoms with van der Waals surface area (Å²) in [6.07, 6.45) is 2.23. The number of hydrogen-bond donors (Lipinski definition) is 2. The largest absolute Gasteiger partial charge is 0.291 e. The predicted octanol–water partition coefficient (Wildman–Crippen LogP) is 3.09. The number of hydrogen-bond acceptors (Lipinski definition) is 4. The highest BCUT2D eigenvalue weighted by Crippen LogP contribution is 2.21. The summed E-state index contributed by atoms with van der Waals surface area (Å²) >= 11 is 11.7. The molecule has 0 aliphatic carbocycles. The molecule has 0 bridgehead atoms. The molecular formula is C13H12Cl2N4O. The van der Waals surface area contributed by atoms with Crippen LogP contribution in [-0.4, -0.2) is 16.2 Å². The maximum Gasteiger partial charge on any atom is 0.252 e. The number of nitrogens with one attached hydrogen (secondary N) is 2. The molecule has 0 fully saturated rings. The Kier molecular flexibility index (Phi) is 4.76. The van der Waals surface area contributed by atoms with Gasteiger partial charge in [-0.3, -0.25) is 9.78 Å². The number of rotatable bonds is 4. The molecule has 0 atom stereocenters. The quantitative estimate of drug-likeness (QED) is 0.673. The van der Waals surface area contributed by atoms with Crippen LogP contribution in [0.5, 0.6) is 0 Å². The van der Waals surface area contributed by atoms with Crippen molar-refractivity contribution >= 4 is 35.4 Å². The van der Waals surface area contributed by atoms with Gasteiger partial charge in [-0.1, -0.05) is 36.2 Å². The Morgan fingerprint density at radius 3 is 2.85 bits per heavy atom. The summed E-state index contributed by atoms with van der Waals surface area (Å²) in [5.74, 6) is 0.297. The lowest BCUT2D eigenvalue weighted by molar-refractivity contribution is 0.974. The second-order valence-corrected chi connectivity index (χ2v) is 4.80. The molecule has 104 valence electrons. The molecule has 0 radical (unpaired) electrons. The molecule has 1 aromatic heterocycles. The van der Waals surface area contributed by atoms with E-state index in [4.69, 9.17) is 23.2 Å². The minimum absolute atomic E-state index is 0.218. The lowest BCUT2D eigenvalue weighted by Crippen LogP contribution is -2.11. The first-order valence-corrected chi connectivity index (χ1v) is 6.68. The fourth-order valence-corrected chi connectivity index (χ4v) is 1.81. The van der Waals surface area contributed by atoms with Crippen molar-refractivity contribution in [2.45, 2.75) is 13.3 Å². The summed E-state index contributed by atoms with van der Waals surface area (Å²) in [6.45, 7) is 1.92. The van der Waals surface area contributed by atoms with E-state index in [9.17, 15) is 4.79 Å². The van der Waals surface area contributed by atoms with Gasteiger partial charge < -0.3 is 0 Å². The van der Waals surface area contributed by atoms with E-state index in [2.05, 4.69) is 20.5 Å². The second-order valence-electron chi connectivity index (χ2n) is 3.98. The number of anilines is 1. The Labute approximate surface area is 125 Å². The monoisotopic (exact) mass is 310 g/mol. The van der Waals surface area contributed by atoms with Gasteiger partial charge in [-0.25, -0.2) is 10.4 Å². The first-order valence-electron chi connectivity index (χ1n) is 5.93. The van der Waals surface area contributed by atoms with Crippen LogP contribution in [0.25, 0.3) is 0 Å². The Hall–Kier alpha value is -1.85. The molecule has 5 nitrogen and oxygen atoms in total. The van der Waals surface area contributed by atoms with Gasteiger partial charge in [0.2, 0.25) is 5.95 Å². The number of H-pyrrole nitrogens is 1. The Balaban J connectivity index is 2.11. The van der Waals surface area contributed by atoms with Crippen LogP contribution in [-0.2, 0) is 6.42 Å². The first kappa shape index (κ1) is 14.6. The summed E-state index contributed by atoms with van der Waals surface area (Å²) in [5.41, 5.74) is 3.92. The third-order valence-electron chi connectivity index (χ3n) is 2.48. The van der Waals surface area contributed by atoms with Crippen LogP contribution in [0.2, 0.25) is 10.0 Å². The van der Waals surface area contributed by atoms with E-state index in [1.54, 1.807) is 24.4 Å². The van der Waals surface area contributed by atoms with Crippen molar-refractivity contribution in [2.24, 2.45) is 5.10 Å². The van der Waals surface area contributed by atoms with Crippen molar-refractivity contribution in [3.63, 3.8) is 0 Å². The maximum atomic E-state index is 11.4. The van der Waals surface area contributed by atoms with Crippen LogP contribution in [0.4, 0.5) is 5.95 Å².